The second-order valence-electron chi connectivity index (χ2n) is 5.95. The number of hydrogen-bond donors (Lipinski definition) is 1. The Morgan fingerprint density at radius 3 is 2.59 bits per heavy atom. The number of nitrogens with one attached hydrogen (secondary N) is 1. The second kappa shape index (κ2) is 5.85. The van der Waals surface area contributed by atoms with Crippen molar-refractivity contribution in [2.75, 3.05) is 13.1 Å². The van der Waals surface area contributed by atoms with E-state index in [0.717, 1.165) is 31.2 Å². The Bertz CT molecular complexity index is 263. The zero-order valence-electron chi connectivity index (χ0n) is 11.1. The van der Waals surface area contributed by atoms with Gasteiger partial charge in [-0.25, -0.2) is 0 Å². The van der Waals surface area contributed by atoms with Crippen LogP contribution in [0.2, 0.25) is 0 Å². The van der Waals surface area contributed by atoms with E-state index in [1.807, 2.05) is 0 Å². The molecule has 17 heavy (non-hydrogen) atoms. The summed E-state index contributed by atoms with van der Waals surface area (Å²) >= 11 is 0. The maximum absolute atomic E-state index is 11.6. The second-order valence-corrected chi connectivity index (χ2v) is 5.95. The minimum Gasteiger partial charge on any atom is -0.461 e. The summed E-state index contributed by atoms with van der Waals surface area (Å²) in [6, 6.07) is 0. The number of carbonyl (C=O) groups excluding carboxylic acids is 1. The lowest BCUT2D eigenvalue weighted by molar-refractivity contribution is -0.150. The number of ether oxygens (including phenoxy) is 1. The molecule has 0 aromatic carbocycles. The standard InChI is InChI=1S/C14H25NO2/c1-10-3-6-13(7-11(10)2)17-14(16)9-15-8-12-4-5-12/h10-13,15H,3-9H2,1-2H3. The lowest BCUT2D eigenvalue weighted by Crippen LogP contribution is -2.33. The van der Waals surface area contributed by atoms with Gasteiger partial charge in [0.2, 0.25) is 0 Å². The van der Waals surface area contributed by atoms with Crippen molar-refractivity contribution in [2.24, 2.45) is 17.8 Å². The van der Waals surface area contributed by atoms with Gasteiger partial charge in [-0.3, -0.25) is 4.79 Å². The first kappa shape index (κ1) is 12.9. The molecule has 0 saturated heterocycles. The van der Waals surface area contributed by atoms with E-state index in [1.54, 1.807) is 0 Å². The monoisotopic (exact) mass is 239 g/mol. The normalized spacial score (nSPS) is 33.4. The first-order valence-corrected chi connectivity index (χ1v) is 7.05. The van der Waals surface area contributed by atoms with Crippen LogP contribution in [-0.2, 0) is 9.53 Å². The van der Waals surface area contributed by atoms with Crippen LogP contribution in [0.4, 0.5) is 0 Å². The molecule has 2 fully saturated rings. The molecular weight excluding hydrogens is 214 g/mol. The van der Waals surface area contributed by atoms with Gasteiger partial charge in [0.05, 0.1) is 6.54 Å². The van der Waals surface area contributed by atoms with Gasteiger partial charge >= 0.3 is 5.97 Å². The Morgan fingerprint density at radius 2 is 1.94 bits per heavy atom. The van der Waals surface area contributed by atoms with Gasteiger partial charge in [0, 0.05) is 0 Å². The van der Waals surface area contributed by atoms with Gasteiger partial charge in [-0.1, -0.05) is 13.8 Å². The van der Waals surface area contributed by atoms with Crippen molar-refractivity contribution >= 4 is 5.97 Å². The quantitative estimate of drug-likeness (QED) is 0.748. The predicted molar refractivity (Wildman–Crippen MR) is 67.7 cm³/mol. The Labute approximate surface area is 104 Å². The molecule has 0 aliphatic heterocycles. The molecule has 3 atom stereocenters. The molecule has 0 spiro atoms. The summed E-state index contributed by atoms with van der Waals surface area (Å²) in [4.78, 5) is 11.6. The minimum atomic E-state index is -0.0718. The van der Waals surface area contributed by atoms with Gasteiger partial charge in [-0.05, 0) is 56.4 Å². The molecule has 2 aliphatic carbocycles. The highest BCUT2D eigenvalue weighted by atomic mass is 16.5. The van der Waals surface area contributed by atoms with Gasteiger partial charge in [0.1, 0.15) is 6.10 Å². The van der Waals surface area contributed by atoms with Crippen molar-refractivity contribution < 1.29 is 9.53 Å². The third-order valence-electron chi connectivity index (χ3n) is 4.25. The molecular formula is C14H25NO2. The third-order valence-corrected chi connectivity index (χ3v) is 4.25. The van der Waals surface area contributed by atoms with Crippen LogP contribution < -0.4 is 5.32 Å². The smallest absolute Gasteiger partial charge is 0.320 e. The molecule has 0 radical (unpaired) electrons. The van der Waals surface area contributed by atoms with E-state index < -0.39 is 0 Å². The summed E-state index contributed by atoms with van der Waals surface area (Å²) in [7, 11) is 0. The van der Waals surface area contributed by atoms with Gasteiger partial charge in [-0.15, -0.1) is 0 Å². The first-order valence-electron chi connectivity index (χ1n) is 7.05. The lowest BCUT2D eigenvalue weighted by atomic mass is 9.80. The summed E-state index contributed by atoms with van der Waals surface area (Å²) in [5.74, 6) is 2.20. The maximum atomic E-state index is 11.6. The summed E-state index contributed by atoms with van der Waals surface area (Å²) in [5, 5.41) is 3.18. The number of rotatable bonds is 5. The molecule has 0 aromatic heterocycles. The summed E-state index contributed by atoms with van der Waals surface area (Å²) in [6.45, 7) is 5.92. The van der Waals surface area contributed by atoms with Crippen LogP contribution in [-0.4, -0.2) is 25.2 Å². The average Bonchev–Trinajstić information content (AvgIpc) is 3.07. The molecule has 3 nitrogen and oxygen atoms in total. The van der Waals surface area contributed by atoms with Crippen LogP contribution in [0.25, 0.3) is 0 Å². The van der Waals surface area contributed by atoms with Crippen molar-refractivity contribution in [1.82, 2.24) is 5.32 Å². The van der Waals surface area contributed by atoms with Crippen LogP contribution in [0.15, 0.2) is 0 Å². The molecule has 3 unspecified atom stereocenters. The van der Waals surface area contributed by atoms with E-state index >= 15 is 0 Å². The Balaban J connectivity index is 1.60. The fraction of sp³-hybridized carbons (Fsp3) is 0.929. The molecule has 2 saturated carbocycles. The molecule has 1 N–H and O–H groups in total. The van der Waals surface area contributed by atoms with E-state index in [9.17, 15) is 4.79 Å². The SMILES string of the molecule is CC1CCC(OC(=O)CNCC2CC2)CC1C. The molecule has 0 heterocycles. The van der Waals surface area contributed by atoms with E-state index in [4.69, 9.17) is 4.74 Å². The van der Waals surface area contributed by atoms with Crippen molar-refractivity contribution in [3.8, 4) is 0 Å². The van der Waals surface area contributed by atoms with Gasteiger partial charge in [0.15, 0.2) is 0 Å². The molecule has 2 aliphatic rings. The molecule has 0 aromatic rings. The van der Waals surface area contributed by atoms with E-state index in [2.05, 4.69) is 19.2 Å². The van der Waals surface area contributed by atoms with Crippen molar-refractivity contribution in [2.45, 2.75) is 52.1 Å². The first-order chi connectivity index (χ1) is 8.15. The fourth-order valence-electron chi connectivity index (χ4n) is 2.53. The Hall–Kier alpha value is -0.570. The topological polar surface area (TPSA) is 38.3 Å². The molecule has 98 valence electrons. The van der Waals surface area contributed by atoms with Gasteiger partial charge in [0.25, 0.3) is 0 Å². The Morgan fingerprint density at radius 1 is 1.18 bits per heavy atom. The number of hydrogen-bond acceptors (Lipinski definition) is 3. The minimum absolute atomic E-state index is 0.0718. The van der Waals surface area contributed by atoms with Crippen LogP contribution in [0, 0.1) is 17.8 Å². The third kappa shape index (κ3) is 4.30. The summed E-state index contributed by atoms with van der Waals surface area (Å²) in [5.41, 5.74) is 0. The Kier molecular flexibility index (Phi) is 4.43. The largest absolute Gasteiger partial charge is 0.461 e. The van der Waals surface area contributed by atoms with Crippen molar-refractivity contribution in [3.05, 3.63) is 0 Å². The van der Waals surface area contributed by atoms with E-state index in [0.29, 0.717) is 12.5 Å². The number of carbonyl (C=O) groups is 1. The maximum Gasteiger partial charge on any atom is 0.320 e. The number of esters is 1. The van der Waals surface area contributed by atoms with Gasteiger partial charge in [-0.2, -0.15) is 0 Å². The highest BCUT2D eigenvalue weighted by Crippen LogP contribution is 2.31. The fourth-order valence-corrected chi connectivity index (χ4v) is 2.53. The lowest BCUT2D eigenvalue weighted by Gasteiger charge is -2.31. The highest BCUT2D eigenvalue weighted by molar-refractivity contribution is 5.71. The van der Waals surface area contributed by atoms with Crippen LogP contribution in [0.5, 0.6) is 0 Å². The van der Waals surface area contributed by atoms with Gasteiger partial charge < -0.3 is 10.1 Å². The molecule has 0 bridgehead atoms. The van der Waals surface area contributed by atoms with Crippen LogP contribution >= 0.6 is 0 Å². The van der Waals surface area contributed by atoms with E-state index in [-0.39, 0.29) is 12.1 Å². The van der Waals surface area contributed by atoms with Crippen molar-refractivity contribution in [1.29, 1.82) is 0 Å². The molecule has 2 rings (SSSR count). The summed E-state index contributed by atoms with van der Waals surface area (Å²) in [6.07, 6.45) is 6.07. The summed E-state index contributed by atoms with van der Waals surface area (Å²) < 4.78 is 5.51. The van der Waals surface area contributed by atoms with Crippen LogP contribution in [0.3, 0.4) is 0 Å². The zero-order valence-corrected chi connectivity index (χ0v) is 11.1. The average molecular weight is 239 g/mol. The highest BCUT2D eigenvalue weighted by Gasteiger charge is 2.27. The van der Waals surface area contributed by atoms with Crippen molar-refractivity contribution in [3.63, 3.8) is 0 Å². The predicted octanol–water partition coefficient (Wildman–Crippen LogP) is 2.35. The molecule has 0 amide bonds. The van der Waals surface area contributed by atoms with E-state index in [1.165, 1.54) is 19.3 Å². The molecule has 3 heteroatoms. The van der Waals surface area contributed by atoms with Crippen LogP contribution in [0.1, 0.15) is 46.0 Å². The zero-order chi connectivity index (χ0) is 12.3.